The third-order valence-corrected chi connectivity index (χ3v) is 4.27. The summed E-state index contributed by atoms with van der Waals surface area (Å²) >= 11 is 0. The second kappa shape index (κ2) is 6.97. The Morgan fingerprint density at radius 2 is 1.81 bits per heavy atom. The Bertz CT molecular complexity index is 803. The van der Waals surface area contributed by atoms with Gasteiger partial charge in [-0.1, -0.05) is 12.1 Å². The van der Waals surface area contributed by atoms with Gasteiger partial charge in [0.2, 0.25) is 0 Å². The van der Waals surface area contributed by atoms with E-state index in [2.05, 4.69) is 9.88 Å². The van der Waals surface area contributed by atoms with Crippen molar-refractivity contribution in [2.24, 2.45) is 0 Å². The number of rotatable bonds is 2. The molecule has 7 heteroatoms. The zero-order valence-corrected chi connectivity index (χ0v) is 16.0. The summed E-state index contributed by atoms with van der Waals surface area (Å²) in [6.45, 7) is 9.49. The van der Waals surface area contributed by atoms with Crippen molar-refractivity contribution in [3.63, 3.8) is 0 Å². The molecule has 0 saturated carbocycles. The van der Waals surface area contributed by atoms with E-state index < -0.39 is 5.60 Å². The van der Waals surface area contributed by atoms with Crippen molar-refractivity contribution < 1.29 is 14.3 Å². The largest absolute Gasteiger partial charge is 0.478 e. The third-order valence-electron chi connectivity index (χ3n) is 4.27. The standard InChI is InChI=1S/C19H26N4O3/c1-13-12-22(10-11-23(13)18(24)26-19(2,3)4)16-17(25-5)21-15-9-7-6-8-14(15)20-16/h6-9,13H,10-12H2,1-5H3/t13-/m0/s1. The molecule has 1 amide bonds. The van der Waals surface area contributed by atoms with Crippen LogP contribution < -0.4 is 9.64 Å². The number of hydrogen-bond acceptors (Lipinski definition) is 6. The molecule has 1 atom stereocenters. The van der Waals surface area contributed by atoms with E-state index in [0.29, 0.717) is 31.3 Å². The lowest BCUT2D eigenvalue weighted by molar-refractivity contribution is 0.0158. The Morgan fingerprint density at radius 3 is 2.38 bits per heavy atom. The van der Waals surface area contributed by atoms with E-state index in [4.69, 9.17) is 14.5 Å². The van der Waals surface area contributed by atoms with Crippen molar-refractivity contribution in [3.8, 4) is 5.88 Å². The molecule has 0 bridgehead atoms. The normalized spacial score (nSPS) is 18.1. The maximum absolute atomic E-state index is 12.4. The lowest BCUT2D eigenvalue weighted by atomic mass is 10.2. The Balaban J connectivity index is 1.80. The van der Waals surface area contributed by atoms with Crippen molar-refractivity contribution in [2.45, 2.75) is 39.3 Å². The van der Waals surface area contributed by atoms with Crippen LogP contribution in [0, 0.1) is 0 Å². The Hall–Kier alpha value is -2.57. The predicted molar refractivity (Wildman–Crippen MR) is 101 cm³/mol. The van der Waals surface area contributed by atoms with E-state index in [1.807, 2.05) is 52.0 Å². The highest BCUT2D eigenvalue weighted by Gasteiger charge is 2.32. The number of benzene rings is 1. The lowest BCUT2D eigenvalue weighted by Gasteiger charge is -2.40. The molecular formula is C19H26N4O3. The van der Waals surface area contributed by atoms with Gasteiger partial charge in [0.25, 0.3) is 5.88 Å². The number of anilines is 1. The van der Waals surface area contributed by atoms with E-state index in [-0.39, 0.29) is 12.1 Å². The minimum atomic E-state index is -0.499. The molecule has 1 aromatic carbocycles. The number of carbonyl (C=O) groups excluding carboxylic acids is 1. The van der Waals surface area contributed by atoms with Gasteiger partial charge in [0.1, 0.15) is 5.60 Å². The lowest BCUT2D eigenvalue weighted by Crippen LogP contribution is -2.55. The predicted octanol–water partition coefficient (Wildman–Crippen LogP) is 3.08. The second-order valence-electron chi connectivity index (χ2n) is 7.51. The number of methoxy groups -OCH3 is 1. The zero-order valence-electron chi connectivity index (χ0n) is 16.0. The average molecular weight is 358 g/mol. The van der Waals surface area contributed by atoms with Gasteiger partial charge in [-0.3, -0.25) is 0 Å². The summed E-state index contributed by atoms with van der Waals surface area (Å²) in [7, 11) is 1.60. The monoisotopic (exact) mass is 358 g/mol. The van der Waals surface area contributed by atoms with Gasteiger partial charge in [0.15, 0.2) is 5.82 Å². The SMILES string of the molecule is COc1nc2ccccc2nc1N1CCN(C(=O)OC(C)(C)C)[C@@H](C)C1. The van der Waals surface area contributed by atoms with Gasteiger partial charge in [-0.15, -0.1) is 0 Å². The molecule has 1 aromatic heterocycles. The summed E-state index contributed by atoms with van der Waals surface area (Å²) in [5.41, 5.74) is 1.13. The molecular weight excluding hydrogens is 332 g/mol. The molecule has 3 rings (SSSR count). The summed E-state index contributed by atoms with van der Waals surface area (Å²) in [5, 5.41) is 0. The fourth-order valence-electron chi connectivity index (χ4n) is 3.06. The highest BCUT2D eigenvalue weighted by Crippen LogP contribution is 2.29. The van der Waals surface area contributed by atoms with Gasteiger partial charge < -0.3 is 19.3 Å². The second-order valence-corrected chi connectivity index (χ2v) is 7.51. The molecule has 2 heterocycles. The topological polar surface area (TPSA) is 67.8 Å². The molecule has 2 aromatic rings. The van der Waals surface area contributed by atoms with Crippen molar-refractivity contribution in [3.05, 3.63) is 24.3 Å². The first kappa shape index (κ1) is 18.2. The van der Waals surface area contributed by atoms with E-state index in [1.54, 1.807) is 12.0 Å². The highest BCUT2D eigenvalue weighted by molar-refractivity contribution is 5.77. The van der Waals surface area contributed by atoms with E-state index in [0.717, 1.165) is 11.0 Å². The van der Waals surface area contributed by atoms with E-state index in [9.17, 15) is 4.79 Å². The molecule has 0 N–H and O–H groups in total. The van der Waals surface area contributed by atoms with Crippen LogP contribution in [0.2, 0.25) is 0 Å². The molecule has 140 valence electrons. The number of carbonyl (C=O) groups is 1. The van der Waals surface area contributed by atoms with Crippen LogP contribution in [0.25, 0.3) is 11.0 Å². The molecule has 1 fully saturated rings. The number of para-hydroxylation sites is 2. The molecule has 26 heavy (non-hydrogen) atoms. The highest BCUT2D eigenvalue weighted by atomic mass is 16.6. The van der Waals surface area contributed by atoms with Crippen LogP contribution in [-0.4, -0.2) is 59.3 Å². The van der Waals surface area contributed by atoms with Crippen LogP contribution in [0.5, 0.6) is 5.88 Å². The first-order chi connectivity index (χ1) is 12.3. The molecule has 0 radical (unpaired) electrons. The summed E-state index contributed by atoms with van der Waals surface area (Å²) in [4.78, 5) is 25.6. The fourth-order valence-corrected chi connectivity index (χ4v) is 3.06. The van der Waals surface area contributed by atoms with Crippen molar-refractivity contribution >= 4 is 22.9 Å². The summed E-state index contributed by atoms with van der Waals surface area (Å²) in [5.74, 6) is 1.21. The number of aromatic nitrogens is 2. The molecule has 1 aliphatic rings. The van der Waals surface area contributed by atoms with E-state index in [1.165, 1.54) is 0 Å². The summed E-state index contributed by atoms with van der Waals surface area (Å²) < 4.78 is 11.0. The fraction of sp³-hybridized carbons (Fsp3) is 0.526. The van der Waals surface area contributed by atoms with Gasteiger partial charge in [0, 0.05) is 25.7 Å². The molecule has 1 saturated heterocycles. The van der Waals surface area contributed by atoms with Crippen molar-refractivity contribution in [2.75, 3.05) is 31.6 Å². The smallest absolute Gasteiger partial charge is 0.410 e. The Kier molecular flexibility index (Phi) is 4.89. The van der Waals surface area contributed by atoms with Crippen molar-refractivity contribution in [1.29, 1.82) is 0 Å². The number of hydrogen-bond donors (Lipinski definition) is 0. The first-order valence-corrected chi connectivity index (χ1v) is 8.84. The molecule has 0 spiro atoms. The van der Waals surface area contributed by atoms with E-state index >= 15 is 0 Å². The van der Waals surface area contributed by atoms with Crippen LogP contribution in [0.3, 0.4) is 0 Å². The van der Waals surface area contributed by atoms with Gasteiger partial charge in [0.05, 0.1) is 18.1 Å². The molecule has 0 unspecified atom stereocenters. The van der Waals surface area contributed by atoms with Crippen LogP contribution in [0.1, 0.15) is 27.7 Å². The van der Waals surface area contributed by atoms with Crippen LogP contribution >= 0.6 is 0 Å². The number of fused-ring (bicyclic) bond motifs is 1. The third kappa shape index (κ3) is 3.81. The van der Waals surface area contributed by atoms with Gasteiger partial charge in [-0.2, -0.15) is 0 Å². The molecule has 7 nitrogen and oxygen atoms in total. The number of ether oxygens (including phenoxy) is 2. The minimum Gasteiger partial charge on any atom is -0.478 e. The Labute approximate surface area is 153 Å². The quantitative estimate of drug-likeness (QED) is 0.822. The average Bonchev–Trinajstić information content (AvgIpc) is 2.58. The number of amides is 1. The van der Waals surface area contributed by atoms with Crippen LogP contribution in [0.15, 0.2) is 24.3 Å². The zero-order chi connectivity index (χ0) is 18.9. The van der Waals surface area contributed by atoms with Gasteiger partial charge in [-0.05, 0) is 39.8 Å². The maximum Gasteiger partial charge on any atom is 0.410 e. The van der Waals surface area contributed by atoms with Crippen LogP contribution in [0.4, 0.5) is 10.6 Å². The molecule has 1 aliphatic heterocycles. The summed E-state index contributed by atoms with van der Waals surface area (Å²) in [6.07, 6.45) is -0.277. The number of nitrogens with zero attached hydrogens (tertiary/aromatic N) is 4. The van der Waals surface area contributed by atoms with Crippen molar-refractivity contribution in [1.82, 2.24) is 14.9 Å². The maximum atomic E-state index is 12.4. The van der Waals surface area contributed by atoms with Crippen LogP contribution in [-0.2, 0) is 4.74 Å². The minimum absolute atomic E-state index is 0.00317. The molecule has 0 aliphatic carbocycles. The Morgan fingerprint density at radius 1 is 1.15 bits per heavy atom. The summed E-state index contributed by atoms with van der Waals surface area (Å²) in [6, 6.07) is 7.72. The first-order valence-electron chi connectivity index (χ1n) is 8.84. The van der Waals surface area contributed by atoms with Gasteiger partial charge >= 0.3 is 6.09 Å². The van der Waals surface area contributed by atoms with Gasteiger partial charge in [-0.25, -0.2) is 14.8 Å². The number of piperazine rings is 1.